The lowest BCUT2D eigenvalue weighted by atomic mass is 9.77. The van der Waals surface area contributed by atoms with E-state index < -0.39 is 0 Å². The zero-order chi connectivity index (χ0) is 14.5. The highest BCUT2D eigenvalue weighted by Gasteiger charge is 2.23. The number of hydrogen-bond donors (Lipinski definition) is 0. The Labute approximate surface area is 114 Å². The molecule has 0 N–H and O–H groups in total. The second-order valence-electron chi connectivity index (χ2n) is 6.42. The quantitative estimate of drug-likeness (QED) is 0.450. The Morgan fingerprint density at radius 1 is 1.22 bits per heavy atom. The van der Waals surface area contributed by atoms with Gasteiger partial charge in [0.25, 0.3) is 0 Å². The van der Waals surface area contributed by atoms with E-state index >= 15 is 0 Å². The molecule has 0 spiro atoms. The molecule has 0 aromatic carbocycles. The molecule has 18 heavy (non-hydrogen) atoms. The predicted molar refractivity (Wildman–Crippen MR) is 83.3 cm³/mol. The molecule has 0 bridgehead atoms. The van der Waals surface area contributed by atoms with Gasteiger partial charge in [-0.15, -0.1) is 12.3 Å². The minimum Gasteiger partial charge on any atom is -0.120 e. The topological polar surface area (TPSA) is 0 Å². The summed E-state index contributed by atoms with van der Waals surface area (Å²) in [5.74, 6) is 3.20. The van der Waals surface area contributed by atoms with Gasteiger partial charge in [0.15, 0.2) is 0 Å². The van der Waals surface area contributed by atoms with Crippen LogP contribution < -0.4 is 0 Å². The summed E-state index contributed by atoms with van der Waals surface area (Å²) in [4.78, 5) is 0. The van der Waals surface area contributed by atoms with Gasteiger partial charge in [-0.3, -0.25) is 0 Å². The van der Waals surface area contributed by atoms with Gasteiger partial charge in [-0.25, -0.2) is 0 Å². The molecule has 0 aliphatic carbocycles. The Morgan fingerprint density at radius 2 is 1.72 bits per heavy atom. The van der Waals surface area contributed by atoms with Crippen molar-refractivity contribution in [3.63, 3.8) is 0 Å². The highest BCUT2D eigenvalue weighted by Crippen LogP contribution is 2.32. The van der Waals surface area contributed by atoms with Crippen molar-refractivity contribution in [1.29, 1.82) is 0 Å². The molecule has 0 aromatic heterocycles. The third kappa shape index (κ3) is 5.41. The zero-order valence-corrected chi connectivity index (χ0v) is 13.1. The Bertz CT molecular complexity index is 398. The third-order valence-corrected chi connectivity index (χ3v) is 3.38. The van der Waals surface area contributed by atoms with Gasteiger partial charge in [0.1, 0.15) is 0 Å². The summed E-state index contributed by atoms with van der Waals surface area (Å²) in [5, 5.41) is 0. The molecule has 0 amide bonds. The standard InChI is InChI=1S/C18H28/c1-10-17(18(7,8)9)12-16(14(4)5)11-15(6)13(2)3/h1,11,17H,2,12H2,3-9H3/b15-11-. The van der Waals surface area contributed by atoms with E-state index in [0.717, 1.165) is 12.0 Å². The van der Waals surface area contributed by atoms with Crippen molar-refractivity contribution in [3.8, 4) is 12.3 Å². The fourth-order valence-electron chi connectivity index (χ4n) is 1.63. The Morgan fingerprint density at radius 3 is 2.00 bits per heavy atom. The van der Waals surface area contributed by atoms with Crippen molar-refractivity contribution >= 4 is 0 Å². The van der Waals surface area contributed by atoms with Crippen LogP contribution in [0.15, 0.2) is 34.9 Å². The molecular formula is C18H28. The van der Waals surface area contributed by atoms with E-state index in [-0.39, 0.29) is 11.3 Å². The third-order valence-electron chi connectivity index (χ3n) is 3.38. The molecule has 0 aliphatic rings. The number of terminal acetylenes is 1. The van der Waals surface area contributed by atoms with Crippen LogP contribution in [-0.4, -0.2) is 0 Å². The van der Waals surface area contributed by atoms with Crippen molar-refractivity contribution in [2.45, 2.75) is 54.9 Å². The molecule has 0 rings (SSSR count). The number of rotatable bonds is 4. The van der Waals surface area contributed by atoms with Crippen LogP contribution in [-0.2, 0) is 0 Å². The highest BCUT2D eigenvalue weighted by molar-refractivity contribution is 5.35. The van der Waals surface area contributed by atoms with Crippen LogP contribution in [0.2, 0.25) is 0 Å². The van der Waals surface area contributed by atoms with Gasteiger partial charge in [0, 0.05) is 5.92 Å². The molecule has 0 heterocycles. The fourth-order valence-corrected chi connectivity index (χ4v) is 1.63. The minimum absolute atomic E-state index is 0.139. The predicted octanol–water partition coefficient (Wildman–Crippen LogP) is 5.53. The van der Waals surface area contributed by atoms with Gasteiger partial charge in [0.05, 0.1) is 0 Å². The highest BCUT2D eigenvalue weighted by atomic mass is 14.3. The van der Waals surface area contributed by atoms with Crippen LogP contribution in [0, 0.1) is 23.7 Å². The number of allylic oxidation sites excluding steroid dienone is 5. The molecule has 0 aliphatic heterocycles. The first-order chi connectivity index (χ1) is 8.09. The number of hydrogen-bond acceptors (Lipinski definition) is 0. The lowest BCUT2D eigenvalue weighted by Crippen LogP contribution is -2.19. The summed E-state index contributed by atoms with van der Waals surface area (Å²) in [6, 6.07) is 0. The van der Waals surface area contributed by atoms with Crippen LogP contribution in [0.1, 0.15) is 54.9 Å². The average Bonchev–Trinajstić information content (AvgIpc) is 2.21. The molecule has 1 unspecified atom stereocenters. The summed E-state index contributed by atoms with van der Waals surface area (Å²) < 4.78 is 0. The lowest BCUT2D eigenvalue weighted by molar-refractivity contribution is 0.302. The summed E-state index contributed by atoms with van der Waals surface area (Å²) in [6.45, 7) is 19.0. The van der Waals surface area contributed by atoms with Crippen LogP contribution in [0.4, 0.5) is 0 Å². The summed E-state index contributed by atoms with van der Waals surface area (Å²) in [5.41, 5.74) is 5.16. The van der Waals surface area contributed by atoms with E-state index in [1.807, 2.05) is 6.92 Å². The van der Waals surface area contributed by atoms with E-state index in [0.29, 0.717) is 0 Å². The Hall–Kier alpha value is -1.22. The lowest BCUT2D eigenvalue weighted by Gasteiger charge is -2.27. The smallest absolute Gasteiger partial charge is 0.0289 e. The van der Waals surface area contributed by atoms with Gasteiger partial charge >= 0.3 is 0 Å². The maximum atomic E-state index is 5.69. The van der Waals surface area contributed by atoms with E-state index in [2.05, 4.69) is 60.1 Å². The summed E-state index contributed by atoms with van der Waals surface area (Å²) in [6.07, 6.45) is 8.85. The average molecular weight is 244 g/mol. The first kappa shape index (κ1) is 16.8. The molecular weight excluding hydrogens is 216 g/mol. The van der Waals surface area contributed by atoms with Gasteiger partial charge in [-0.1, -0.05) is 44.6 Å². The zero-order valence-electron chi connectivity index (χ0n) is 13.1. The molecule has 1 atom stereocenters. The van der Waals surface area contributed by atoms with E-state index in [9.17, 15) is 0 Å². The van der Waals surface area contributed by atoms with Gasteiger partial charge in [-0.05, 0) is 50.7 Å². The van der Waals surface area contributed by atoms with Crippen molar-refractivity contribution in [1.82, 2.24) is 0 Å². The van der Waals surface area contributed by atoms with Gasteiger partial charge in [-0.2, -0.15) is 0 Å². The van der Waals surface area contributed by atoms with Crippen molar-refractivity contribution in [2.75, 3.05) is 0 Å². The molecule has 0 nitrogen and oxygen atoms in total. The second-order valence-corrected chi connectivity index (χ2v) is 6.42. The fraction of sp³-hybridized carbons (Fsp3) is 0.556. The molecule has 0 heteroatoms. The van der Waals surface area contributed by atoms with E-state index in [1.165, 1.54) is 16.7 Å². The monoisotopic (exact) mass is 244 g/mol. The summed E-state index contributed by atoms with van der Waals surface area (Å²) in [7, 11) is 0. The van der Waals surface area contributed by atoms with Crippen molar-refractivity contribution in [3.05, 3.63) is 34.9 Å². The van der Waals surface area contributed by atoms with E-state index in [1.54, 1.807) is 0 Å². The van der Waals surface area contributed by atoms with Crippen molar-refractivity contribution < 1.29 is 0 Å². The molecule has 0 fully saturated rings. The van der Waals surface area contributed by atoms with Crippen LogP contribution in [0.25, 0.3) is 0 Å². The SMILES string of the molecule is C#CC(CC(/C=C(/C)C(=C)C)=C(C)C)C(C)(C)C. The van der Waals surface area contributed by atoms with Gasteiger partial charge < -0.3 is 0 Å². The maximum Gasteiger partial charge on any atom is 0.0289 e. The molecule has 0 saturated heterocycles. The largest absolute Gasteiger partial charge is 0.120 e. The van der Waals surface area contributed by atoms with E-state index in [4.69, 9.17) is 6.42 Å². The van der Waals surface area contributed by atoms with Crippen LogP contribution in [0.3, 0.4) is 0 Å². The second kappa shape index (κ2) is 6.64. The molecule has 100 valence electrons. The molecule has 0 saturated carbocycles. The van der Waals surface area contributed by atoms with Crippen LogP contribution >= 0.6 is 0 Å². The molecule has 0 radical (unpaired) electrons. The molecule has 0 aromatic rings. The first-order valence-corrected chi connectivity index (χ1v) is 6.56. The van der Waals surface area contributed by atoms with Gasteiger partial charge in [0.2, 0.25) is 0 Å². The first-order valence-electron chi connectivity index (χ1n) is 6.56. The van der Waals surface area contributed by atoms with Crippen molar-refractivity contribution in [2.24, 2.45) is 11.3 Å². The Balaban J connectivity index is 5.24. The normalized spacial score (nSPS) is 13.8. The Kier molecular flexibility index (Phi) is 6.19. The minimum atomic E-state index is 0.139. The maximum absolute atomic E-state index is 5.69. The summed E-state index contributed by atoms with van der Waals surface area (Å²) >= 11 is 0. The van der Waals surface area contributed by atoms with Crippen LogP contribution in [0.5, 0.6) is 0 Å².